The van der Waals surface area contributed by atoms with Gasteiger partial charge in [0.1, 0.15) is 11.3 Å². The van der Waals surface area contributed by atoms with Crippen LogP contribution in [0.5, 0.6) is 5.75 Å². The van der Waals surface area contributed by atoms with Gasteiger partial charge in [0, 0.05) is 13.1 Å². The zero-order valence-corrected chi connectivity index (χ0v) is 12.5. The molecule has 0 saturated carbocycles. The highest BCUT2D eigenvalue weighted by atomic mass is 16.5. The molecule has 2 saturated heterocycles. The number of fused-ring (bicyclic) bond motifs is 1. The van der Waals surface area contributed by atoms with Crippen LogP contribution in [-0.4, -0.2) is 64.6 Å². The van der Waals surface area contributed by atoms with Gasteiger partial charge in [-0.15, -0.1) is 0 Å². The van der Waals surface area contributed by atoms with Gasteiger partial charge in [0.25, 0.3) is 5.91 Å². The summed E-state index contributed by atoms with van der Waals surface area (Å²) in [7, 11) is -1.49. The van der Waals surface area contributed by atoms with E-state index in [0.717, 1.165) is 4.90 Å². The Bertz CT molecular complexity index is 765. The second kappa shape index (κ2) is 4.95. The normalized spacial score (nSPS) is 24.3. The van der Waals surface area contributed by atoms with Gasteiger partial charge < -0.3 is 25.4 Å². The van der Waals surface area contributed by atoms with Crippen LogP contribution in [-0.2, 0) is 11.2 Å². The number of nitrogens with one attached hydrogen (secondary N) is 2. The van der Waals surface area contributed by atoms with Gasteiger partial charge in [0.15, 0.2) is 0 Å². The van der Waals surface area contributed by atoms with E-state index in [1.807, 2.05) is 0 Å². The summed E-state index contributed by atoms with van der Waals surface area (Å²) in [5.41, 5.74) is -0.486. The number of carboxylic acid groups (broad SMARTS) is 1. The second-order valence-corrected chi connectivity index (χ2v) is 6.17. The Kier molecular flexibility index (Phi) is 3.09. The number of hydrogen-bond donors (Lipinski definition) is 4. The third-order valence-corrected chi connectivity index (χ3v) is 4.70. The second-order valence-electron chi connectivity index (χ2n) is 6.17. The summed E-state index contributed by atoms with van der Waals surface area (Å²) in [5, 5.41) is 25.1. The van der Waals surface area contributed by atoms with E-state index in [1.165, 1.54) is 6.07 Å². The van der Waals surface area contributed by atoms with Crippen molar-refractivity contribution in [2.75, 3.05) is 13.1 Å². The lowest BCUT2D eigenvalue weighted by Gasteiger charge is -2.37. The Morgan fingerprint density at radius 3 is 2.71 bits per heavy atom. The van der Waals surface area contributed by atoms with Gasteiger partial charge in [-0.1, -0.05) is 12.1 Å². The van der Waals surface area contributed by atoms with Crippen molar-refractivity contribution in [2.45, 2.75) is 17.9 Å². The molecule has 0 unspecified atom stereocenters. The van der Waals surface area contributed by atoms with Crippen molar-refractivity contribution in [2.24, 2.45) is 0 Å². The third kappa shape index (κ3) is 1.93. The van der Waals surface area contributed by atoms with Crippen molar-refractivity contribution >= 4 is 25.0 Å². The first kappa shape index (κ1) is 15.0. The Labute approximate surface area is 136 Å². The minimum atomic E-state index is -1.49. The average Bonchev–Trinajstić information content (AvgIpc) is 2.77. The number of carboxylic acids is 1. The predicted octanol–water partition coefficient (Wildman–Crippen LogP) is -1.40. The van der Waals surface area contributed by atoms with E-state index in [9.17, 15) is 24.5 Å². The predicted molar refractivity (Wildman–Crippen MR) is 80.5 cm³/mol. The molecule has 3 aliphatic rings. The van der Waals surface area contributed by atoms with Gasteiger partial charge in [-0.05, 0) is 18.1 Å². The maximum absolute atomic E-state index is 12.6. The summed E-state index contributed by atoms with van der Waals surface area (Å²) in [6.07, 6.45) is 0.125. The Balaban J connectivity index is 1.67. The van der Waals surface area contributed by atoms with Crippen LogP contribution in [0, 0.1) is 0 Å². The molecule has 0 radical (unpaired) electrons. The number of nitrogens with zero attached hydrogens (tertiary/aromatic N) is 1. The maximum atomic E-state index is 12.6. The van der Waals surface area contributed by atoms with Crippen molar-refractivity contribution in [3.8, 4) is 5.75 Å². The minimum Gasteiger partial charge on any atom is -0.534 e. The summed E-state index contributed by atoms with van der Waals surface area (Å²) in [6, 6.07) is 4.01. The third-order valence-electron chi connectivity index (χ3n) is 4.70. The number of aromatic carboxylic acids is 1. The van der Waals surface area contributed by atoms with E-state index < -0.39 is 36.5 Å². The summed E-state index contributed by atoms with van der Waals surface area (Å²) in [5.74, 6) is -2.42. The van der Waals surface area contributed by atoms with Gasteiger partial charge >= 0.3 is 19.1 Å². The molecule has 0 aromatic heterocycles. The van der Waals surface area contributed by atoms with Crippen LogP contribution in [0.4, 0.5) is 4.79 Å². The molecule has 4 rings (SSSR count). The fourth-order valence-corrected chi connectivity index (χ4v) is 3.35. The molecule has 124 valence electrons. The minimum absolute atomic E-state index is 0.0677. The summed E-state index contributed by atoms with van der Waals surface area (Å²) in [6.45, 7) is 0.689. The van der Waals surface area contributed by atoms with Gasteiger partial charge in [-0.3, -0.25) is 9.69 Å². The number of hydrogen-bond acceptors (Lipinski definition) is 6. The highest BCUT2D eigenvalue weighted by Gasteiger charge is 2.59. The zero-order chi connectivity index (χ0) is 17.1. The number of urea groups is 1. The molecule has 3 heterocycles. The molecule has 2 fully saturated rings. The molecule has 4 N–H and O–H groups in total. The monoisotopic (exact) mass is 331 g/mol. The van der Waals surface area contributed by atoms with Crippen molar-refractivity contribution in [3.63, 3.8) is 0 Å². The molecule has 3 aliphatic heterocycles. The lowest BCUT2D eigenvalue weighted by molar-refractivity contribution is -0.133. The first-order chi connectivity index (χ1) is 11.4. The topological polar surface area (TPSA) is 128 Å². The molecule has 3 amide bonds. The Hall–Kier alpha value is -2.59. The largest absolute Gasteiger partial charge is 0.547 e. The van der Waals surface area contributed by atoms with Gasteiger partial charge in [0.2, 0.25) is 0 Å². The van der Waals surface area contributed by atoms with Crippen LogP contribution in [0.25, 0.3) is 0 Å². The summed E-state index contributed by atoms with van der Waals surface area (Å²) < 4.78 is 5.35. The molecule has 9 nitrogen and oxygen atoms in total. The number of para-hydroxylation sites is 1. The number of benzene rings is 1. The molecule has 0 bridgehead atoms. The molecule has 24 heavy (non-hydrogen) atoms. The van der Waals surface area contributed by atoms with Crippen LogP contribution in [0.3, 0.4) is 0 Å². The lowest BCUT2D eigenvalue weighted by Crippen LogP contribution is -2.69. The van der Waals surface area contributed by atoms with E-state index >= 15 is 0 Å². The Morgan fingerprint density at radius 1 is 1.38 bits per heavy atom. The molecule has 1 aromatic rings. The van der Waals surface area contributed by atoms with Crippen LogP contribution in [0.1, 0.15) is 15.9 Å². The van der Waals surface area contributed by atoms with Crippen molar-refractivity contribution in [3.05, 3.63) is 29.3 Å². The quantitative estimate of drug-likeness (QED) is 0.388. The van der Waals surface area contributed by atoms with E-state index in [-0.39, 0.29) is 17.7 Å². The lowest BCUT2D eigenvalue weighted by atomic mass is 9.71. The Morgan fingerprint density at radius 2 is 2.12 bits per heavy atom. The molecule has 10 heteroatoms. The fourth-order valence-electron chi connectivity index (χ4n) is 3.35. The van der Waals surface area contributed by atoms with Gasteiger partial charge in [-0.25, -0.2) is 9.59 Å². The molecule has 1 atom stereocenters. The van der Waals surface area contributed by atoms with E-state index in [1.54, 1.807) is 12.1 Å². The van der Waals surface area contributed by atoms with Gasteiger partial charge in [-0.2, -0.15) is 0 Å². The van der Waals surface area contributed by atoms with Crippen LogP contribution < -0.4 is 15.3 Å². The number of rotatable bonds is 2. The smallest absolute Gasteiger partial charge is 0.534 e. The van der Waals surface area contributed by atoms with Crippen molar-refractivity contribution in [1.29, 1.82) is 0 Å². The number of carbonyl (C=O) groups excluding carboxylic acids is 2. The highest BCUT2D eigenvalue weighted by molar-refractivity contribution is 6.47. The average molecular weight is 331 g/mol. The first-order valence-corrected chi connectivity index (χ1v) is 7.49. The molecular formula is C14H14BN3O6. The van der Waals surface area contributed by atoms with E-state index in [0.29, 0.717) is 18.7 Å². The highest BCUT2D eigenvalue weighted by Crippen LogP contribution is 2.34. The molecule has 1 aromatic carbocycles. The SMILES string of the molecule is O=C(O)c1cccc2c1OB(O)[C@@H](N1C(=O)NC3(CNC3)C1=O)C2. The molecule has 1 spiro atoms. The standard InChI is InChI=1S/C14H14BN3O6/c19-11(20)8-3-1-2-7-4-9(15(23)24-10(7)8)18-12(21)14(5-16-6-14)17-13(18)22/h1-3,9,16,23H,4-6H2,(H,17,22)(H,19,20)/t9-/m0/s1. The van der Waals surface area contributed by atoms with Crippen molar-refractivity contribution < 1.29 is 29.2 Å². The van der Waals surface area contributed by atoms with E-state index in [2.05, 4.69) is 10.6 Å². The van der Waals surface area contributed by atoms with Crippen LogP contribution in [0.15, 0.2) is 18.2 Å². The fraction of sp³-hybridized carbons (Fsp3) is 0.357. The molecule has 0 aliphatic carbocycles. The number of imide groups is 1. The summed E-state index contributed by atoms with van der Waals surface area (Å²) in [4.78, 5) is 37.1. The zero-order valence-electron chi connectivity index (χ0n) is 12.5. The maximum Gasteiger partial charge on any atom is 0.547 e. The first-order valence-electron chi connectivity index (χ1n) is 7.49. The summed E-state index contributed by atoms with van der Waals surface area (Å²) >= 11 is 0. The number of amides is 3. The molecular weight excluding hydrogens is 317 g/mol. The van der Waals surface area contributed by atoms with Gasteiger partial charge in [0.05, 0.1) is 11.5 Å². The number of carbonyl (C=O) groups is 3. The van der Waals surface area contributed by atoms with E-state index in [4.69, 9.17) is 4.65 Å². The van der Waals surface area contributed by atoms with Crippen LogP contribution >= 0.6 is 0 Å². The van der Waals surface area contributed by atoms with Crippen LogP contribution in [0.2, 0.25) is 0 Å². The van der Waals surface area contributed by atoms with Crippen molar-refractivity contribution in [1.82, 2.24) is 15.5 Å².